The van der Waals surface area contributed by atoms with Gasteiger partial charge in [-0.25, -0.2) is 8.42 Å². The summed E-state index contributed by atoms with van der Waals surface area (Å²) in [7, 11) is -2.27. The molecule has 0 aromatic heterocycles. The summed E-state index contributed by atoms with van der Waals surface area (Å²) in [5.41, 5.74) is -3.26. The van der Waals surface area contributed by atoms with Gasteiger partial charge in [-0.2, -0.15) is 13.2 Å². The first kappa shape index (κ1) is 29.4. The zero-order valence-corrected chi connectivity index (χ0v) is 23.5. The van der Waals surface area contributed by atoms with E-state index in [9.17, 15) is 31.2 Å². The Morgan fingerprint density at radius 2 is 1.71 bits per heavy atom. The Bertz CT molecular complexity index is 1390. The maximum absolute atomic E-state index is 14.5. The van der Waals surface area contributed by atoms with E-state index >= 15 is 0 Å². The molecule has 0 bridgehead atoms. The molecule has 222 valence electrons. The number of halogens is 3. The summed E-state index contributed by atoms with van der Waals surface area (Å²) in [5.74, 6) is -1.04. The third kappa shape index (κ3) is 5.43. The van der Waals surface area contributed by atoms with Crippen LogP contribution in [0.2, 0.25) is 0 Å². The average Bonchev–Trinajstić information content (AvgIpc) is 3.28. The summed E-state index contributed by atoms with van der Waals surface area (Å²) in [6.45, 7) is 0.325. The highest BCUT2D eigenvalue weighted by molar-refractivity contribution is 7.91. The van der Waals surface area contributed by atoms with Crippen molar-refractivity contribution in [2.75, 3.05) is 38.2 Å². The molecule has 1 N–H and O–H groups in total. The molecule has 0 saturated carbocycles. The molecule has 3 saturated heterocycles. The lowest BCUT2D eigenvalue weighted by atomic mass is 9.62. The van der Waals surface area contributed by atoms with Gasteiger partial charge >= 0.3 is 6.18 Å². The van der Waals surface area contributed by atoms with Crippen molar-refractivity contribution >= 4 is 21.7 Å². The van der Waals surface area contributed by atoms with Crippen LogP contribution in [0.5, 0.6) is 5.75 Å². The molecule has 2 aromatic carbocycles. The number of likely N-dealkylation sites (tertiary alicyclic amines) is 1. The third-order valence-electron chi connectivity index (χ3n) is 8.77. The highest BCUT2D eigenvalue weighted by Crippen LogP contribution is 2.52. The Kier molecular flexibility index (Phi) is 7.84. The molecule has 2 amide bonds. The first-order chi connectivity index (χ1) is 19.4. The summed E-state index contributed by atoms with van der Waals surface area (Å²) in [6, 6.07) is 14.2. The van der Waals surface area contributed by atoms with E-state index in [1.807, 2.05) is 12.1 Å². The van der Waals surface area contributed by atoms with Crippen LogP contribution >= 0.6 is 0 Å². The Morgan fingerprint density at radius 3 is 2.32 bits per heavy atom. The van der Waals surface area contributed by atoms with Crippen molar-refractivity contribution in [2.24, 2.45) is 5.41 Å². The van der Waals surface area contributed by atoms with Gasteiger partial charge in [-0.3, -0.25) is 9.59 Å². The van der Waals surface area contributed by atoms with Gasteiger partial charge in [0.1, 0.15) is 11.9 Å². The molecule has 3 heterocycles. The second-order valence-electron chi connectivity index (χ2n) is 11.1. The fourth-order valence-electron chi connectivity index (χ4n) is 6.59. The van der Waals surface area contributed by atoms with E-state index in [4.69, 9.17) is 9.47 Å². The van der Waals surface area contributed by atoms with Gasteiger partial charge in [0.15, 0.2) is 9.84 Å². The zero-order chi connectivity index (χ0) is 29.5. The van der Waals surface area contributed by atoms with Crippen LogP contribution in [-0.2, 0) is 29.8 Å². The molecular formula is C29H33F3N2O6S. The number of hydrogen-bond acceptors (Lipinski definition) is 6. The summed E-state index contributed by atoms with van der Waals surface area (Å²) in [5, 5.41) is 2.91. The molecule has 5 rings (SSSR count). The third-order valence-corrected chi connectivity index (χ3v) is 10.5. The zero-order valence-electron chi connectivity index (χ0n) is 22.7. The topological polar surface area (TPSA) is 102 Å². The number of nitrogens with one attached hydrogen (secondary N) is 1. The molecule has 3 atom stereocenters. The number of amides is 2. The second-order valence-corrected chi connectivity index (χ2v) is 13.3. The normalized spacial score (nSPS) is 25.4. The van der Waals surface area contributed by atoms with E-state index in [0.29, 0.717) is 31.6 Å². The Morgan fingerprint density at radius 1 is 1.05 bits per heavy atom. The lowest BCUT2D eigenvalue weighted by Crippen LogP contribution is -2.60. The molecule has 1 spiro atoms. The van der Waals surface area contributed by atoms with Gasteiger partial charge in [0.25, 0.3) is 11.5 Å². The number of alkyl halides is 3. The number of para-hydroxylation sites is 1. The van der Waals surface area contributed by atoms with Crippen molar-refractivity contribution in [1.82, 2.24) is 10.2 Å². The number of rotatable bonds is 6. The largest absolute Gasteiger partial charge is 0.489 e. The fraction of sp³-hybridized carbons (Fsp3) is 0.517. The molecule has 3 aliphatic rings. The van der Waals surface area contributed by atoms with Gasteiger partial charge in [0.05, 0.1) is 11.5 Å². The van der Waals surface area contributed by atoms with Crippen LogP contribution < -0.4 is 10.1 Å². The van der Waals surface area contributed by atoms with Gasteiger partial charge in [-0.15, -0.1) is 0 Å². The highest BCUT2D eigenvalue weighted by Gasteiger charge is 2.64. The van der Waals surface area contributed by atoms with Crippen LogP contribution in [-0.4, -0.2) is 75.7 Å². The maximum Gasteiger partial charge on any atom is 0.430 e. The SMILES string of the molecule is CO[C@@](C(=O)N1CCC2(CC1)CC(=O)NCC2c1ccccc1OC1CCS(=O)(=O)C1)(c1ccccc1)C(F)(F)F. The number of methoxy groups -OCH3 is 1. The predicted molar refractivity (Wildman–Crippen MR) is 144 cm³/mol. The van der Waals surface area contributed by atoms with Crippen LogP contribution in [0.3, 0.4) is 0 Å². The molecule has 0 aliphatic carbocycles. The number of carbonyl (C=O) groups excluding carboxylic acids is 2. The van der Waals surface area contributed by atoms with Crippen LogP contribution in [0, 0.1) is 5.41 Å². The molecule has 3 aliphatic heterocycles. The quantitative estimate of drug-likeness (QED) is 0.549. The van der Waals surface area contributed by atoms with Gasteiger partial charge in [0, 0.05) is 44.6 Å². The van der Waals surface area contributed by atoms with Crippen molar-refractivity contribution < 1.29 is 40.7 Å². The molecule has 41 heavy (non-hydrogen) atoms. The monoisotopic (exact) mass is 594 g/mol. The Hall–Kier alpha value is -3.12. The standard InChI is InChI=1S/C29H33F3N2O6S/c1-39-28(29(30,31)32,20-7-3-2-4-8-20)26(36)34-14-12-27(13-15-34)17-25(35)33-18-23(27)22-9-5-6-10-24(22)40-21-11-16-41(37,38)19-21/h2-10,21,23H,11-19H2,1H3,(H,33,35)/t21?,23?,28-/m1/s1. The summed E-state index contributed by atoms with van der Waals surface area (Å²) in [4.78, 5) is 27.4. The van der Waals surface area contributed by atoms with E-state index in [2.05, 4.69) is 5.32 Å². The van der Waals surface area contributed by atoms with Crippen LogP contribution in [0.1, 0.15) is 42.7 Å². The smallest absolute Gasteiger partial charge is 0.430 e. The van der Waals surface area contributed by atoms with E-state index in [0.717, 1.165) is 12.7 Å². The number of sulfone groups is 1. The van der Waals surface area contributed by atoms with E-state index in [1.54, 1.807) is 18.2 Å². The van der Waals surface area contributed by atoms with Gasteiger partial charge in [-0.05, 0) is 36.3 Å². The van der Waals surface area contributed by atoms with Crippen LogP contribution in [0.15, 0.2) is 54.6 Å². The van der Waals surface area contributed by atoms with Crippen molar-refractivity contribution in [3.05, 3.63) is 65.7 Å². The lowest BCUT2D eigenvalue weighted by molar-refractivity contribution is -0.271. The molecule has 12 heteroatoms. The van der Waals surface area contributed by atoms with E-state index in [-0.39, 0.29) is 48.4 Å². The Labute approximate surface area is 237 Å². The maximum atomic E-state index is 14.5. The van der Waals surface area contributed by atoms with Gasteiger partial charge in [-0.1, -0.05) is 48.5 Å². The summed E-state index contributed by atoms with van der Waals surface area (Å²) < 4.78 is 78.7. The second kappa shape index (κ2) is 10.9. The number of hydrogen-bond donors (Lipinski definition) is 1. The number of carbonyl (C=O) groups is 2. The number of benzene rings is 2. The summed E-state index contributed by atoms with van der Waals surface area (Å²) in [6.07, 6.45) is -4.34. The van der Waals surface area contributed by atoms with Crippen LogP contribution in [0.4, 0.5) is 13.2 Å². The van der Waals surface area contributed by atoms with Gasteiger partial charge in [0.2, 0.25) is 5.91 Å². The van der Waals surface area contributed by atoms with Crippen molar-refractivity contribution in [3.8, 4) is 5.75 Å². The molecule has 2 aromatic rings. The van der Waals surface area contributed by atoms with Gasteiger partial charge < -0.3 is 19.7 Å². The summed E-state index contributed by atoms with van der Waals surface area (Å²) >= 11 is 0. The van der Waals surface area contributed by atoms with Crippen molar-refractivity contribution in [1.29, 1.82) is 0 Å². The average molecular weight is 595 g/mol. The van der Waals surface area contributed by atoms with Crippen molar-refractivity contribution in [3.63, 3.8) is 0 Å². The molecule has 2 unspecified atom stereocenters. The number of nitrogens with zero attached hydrogens (tertiary/aromatic N) is 1. The van der Waals surface area contributed by atoms with E-state index in [1.165, 1.54) is 29.2 Å². The number of piperidine rings is 2. The molecule has 8 nitrogen and oxygen atoms in total. The minimum absolute atomic E-state index is 0.0144. The lowest BCUT2D eigenvalue weighted by Gasteiger charge is -2.50. The van der Waals surface area contributed by atoms with Crippen molar-refractivity contribution in [2.45, 2.75) is 49.5 Å². The predicted octanol–water partition coefficient (Wildman–Crippen LogP) is 3.57. The molecular weight excluding hydrogens is 561 g/mol. The minimum Gasteiger partial charge on any atom is -0.489 e. The first-order valence-electron chi connectivity index (χ1n) is 13.6. The van der Waals surface area contributed by atoms with E-state index < -0.39 is 39.0 Å². The molecule has 3 fully saturated rings. The minimum atomic E-state index is -5.01. The fourth-order valence-corrected chi connectivity index (χ4v) is 8.18. The molecule has 0 radical (unpaired) electrons. The number of ether oxygens (including phenoxy) is 2. The first-order valence-corrected chi connectivity index (χ1v) is 15.4. The van der Waals surface area contributed by atoms with Crippen LogP contribution in [0.25, 0.3) is 0 Å². The highest BCUT2D eigenvalue weighted by atomic mass is 32.2. The Balaban J connectivity index is 1.41.